The van der Waals surface area contributed by atoms with Gasteiger partial charge in [0.25, 0.3) is 5.56 Å². The maximum absolute atomic E-state index is 12.1. The van der Waals surface area contributed by atoms with Crippen LogP contribution in [0.25, 0.3) is 10.9 Å². The predicted molar refractivity (Wildman–Crippen MR) is 72.0 cm³/mol. The van der Waals surface area contributed by atoms with Crippen molar-refractivity contribution in [1.29, 1.82) is 0 Å². The largest absolute Gasteiger partial charge is 0.298 e. The first kappa shape index (κ1) is 11.8. The number of nitrogens with zero attached hydrogens (tertiary/aromatic N) is 2. The van der Waals surface area contributed by atoms with Crippen LogP contribution in [0.2, 0.25) is 0 Å². The standard InChI is InChI=1S/C11H10Br2N2O/c1-6(12)10-14-9-4-3-7(13)5-8(9)11(16)15(10)2/h3-6H,1-2H3. The molecule has 0 fully saturated rings. The van der Waals surface area contributed by atoms with Crippen molar-refractivity contribution in [3.63, 3.8) is 0 Å². The van der Waals surface area contributed by atoms with Crippen LogP contribution in [-0.4, -0.2) is 9.55 Å². The van der Waals surface area contributed by atoms with Gasteiger partial charge in [-0.15, -0.1) is 0 Å². The molecule has 0 saturated carbocycles. The van der Waals surface area contributed by atoms with Gasteiger partial charge < -0.3 is 0 Å². The minimum absolute atomic E-state index is 0.0207. The third kappa shape index (κ3) is 1.94. The molecule has 2 aromatic rings. The fraction of sp³-hybridized carbons (Fsp3) is 0.273. The lowest BCUT2D eigenvalue weighted by Crippen LogP contribution is -2.22. The van der Waals surface area contributed by atoms with Crippen LogP contribution < -0.4 is 5.56 Å². The summed E-state index contributed by atoms with van der Waals surface area (Å²) in [6.07, 6.45) is 0. The van der Waals surface area contributed by atoms with Crippen molar-refractivity contribution < 1.29 is 0 Å². The number of rotatable bonds is 1. The molecule has 0 aliphatic carbocycles. The molecule has 0 N–H and O–H groups in total. The molecule has 2 rings (SSSR count). The fourth-order valence-corrected chi connectivity index (χ4v) is 2.39. The Morgan fingerprint density at radius 1 is 1.44 bits per heavy atom. The van der Waals surface area contributed by atoms with Crippen LogP contribution >= 0.6 is 31.9 Å². The van der Waals surface area contributed by atoms with Crippen LogP contribution in [-0.2, 0) is 7.05 Å². The molecule has 1 atom stereocenters. The zero-order chi connectivity index (χ0) is 11.9. The minimum atomic E-state index is -0.0207. The van der Waals surface area contributed by atoms with Gasteiger partial charge in [-0.05, 0) is 25.1 Å². The highest BCUT2D eigenvalue weighted by molar-refractivity contribution is 9.10. The molecule has 0 radical (unpaired) electrons. The molecule has 1 heterocycles. The van der Waals surface area contributed by atoms with Crippen molar-refractivity contribution in [2.24, 2.45) is 7.05 Å². The maximum atomic E-state index is 12.1. The first-order valence-electron chi connectivity index (χ1n) is 4.81. The first-order chi connectivity index (χ1) is 7.50. The summed E-state index contributed by atoms with van der Waals surface area (Å²) in [4.78, 5) is 16.6. The second kappa shape index (κ2) is 4.30. The molecular weight excluding hydrogens is 336 g/mol. The zero-order valence-corrected chi connectivity index (χ0v) is 12.0. The van der Waals surface area contributed by atoms with Gasteiger partial charge in [-0.3, -0.25) is 9.36 Å². The number of benzene rings is 1. The van der Waals surface area contributed by atoms with Gasteiger partial charge in [-0.25, -0.2) is 4.98 Å². The number of aromatic nitrogens is 2. The van der Waals surface area contributed by atoms with E-state index >= 15 is 0 Å². The molecule has 0 spiro atoms. The second-order valence-corrected chi connectivity index (χ2v) is 5.90. The summed E-state index contributed by atoms with van der Waals surface area (Å²) in [5.41, 5.74) is 0.709. The van der Waals surface area contributed by atoms with Crippen LogP contribution in [0.1, 0.15) is 17.6 Å². The van der Waals surface area contributed by atoms with Crippen molar-refractivity contribution in [2.45, 2.75) is 11.8 Å². The Morgan fingerprint density at radius 2 is 2.12 bits per heavy atom. The quantitative estimate of drug-likeness (QED) is 0.744. The third-order valence-corrected chi connectivity index (χ3v) is 3.33. The Hall–Kier alpha value is -0.680. The third-order valence-electron chi connectivity index (χ3n) is 2.43. The van der Waals surface area contributed by atoms with Gasteiger partial charge in [0.1, 0.15) is 5.82 Å². The lowest BCUT2D eigenvalue weighted by Gasteiger charge is -2.10. The molecule has 0 bridgehead atoms. The number of hydrogen-bond acceptors (Lipinski definition) is 2. The van der Waals surface area contributed by atoms with Crippen LogP contribution in [0.4, 0.5) is 0 Å². The highest BCUT2D eigenvalue weighted by atomic mass is 79.9. The Balaban J connectivity index is 2.88. The molecule has 1 unspecified atom stereocenters. The van der Waals surface area contributed by atoms with E-state index in [9.17, 15) is 4.79 Å². The van der Waals surface area contributed by atoms with Gasteiger partial charge in [-0.1, -0.05) is 31.9 Å². The summed E-state index contributed by atoms with van der Waals surface area (Å²) in [5, 5.41) is 0.633. The smallest absolute Gasteiger partial charge is 0.261 e. The van der Waals surface area contributed by atoms with E-state index in [0.717, 1.165) is 15.8 Å². The molecule has 1 aromatic carbocycles. The summed E-state index contributed by atoms with van der Waals surface area (Å²) in [5.74, 6) is 0.736. The SMILES string of the molecule is CC(Br)c1nc2ccc(Br)cc2c(=O)n1C. The summed E-state index contributed by atoms with van der Waals surface area (Å²) in [6.45, 7) is 1.95. The number of fused-ring (bicyclic) bond motifs is 1. The maximum Gasteiger partial charge on any atom is 0.261 e. The molecule has 0 saturated heterocycles. The molecule has 84 valence electrons. The Labute approximate surface area is 110 Å². The van der Waals surface area contributed by atoms with Gasteiger partial charge >= 0.3 is 0 Å². The fourth-order valence-electron chi connectivity index (χ4n) is 1.62. The van der Waals surface area contributed by atoms with E-state index in [1.807, 2.05) is 19.1 Å². The van der Waals surface area contributed by atoms with Crippen LogP contribution in [0.5, 0.6) is 0 Å². The molecule has 16 heavy (non-hydrogen) atoms. The molecule has 1 aromatic heterocycles. The molecule has 3 nitrogen and oxygen atoms in total. The Kier molecular flexibility index (Phi) is 3.17. The number of hydrogen-bond donors (Lipinski definition) is 0. The number of halogens is 2. The summed E-state index contributed by atoms with van der Waals surface area (Å²) >= 11 is 6.79. The average molecular weight is 346 g/mol. The molecule has 0 aliphatic rings. The monoisotopic (exact) mass is 344 g/mol. The van der Waals surface area contributed by atoms with E-state index in [0.29, 0.717) is 5.39 Å². The van der Waals surface area contributed by atoms with E-state index in [1.54, 1.807) is 17.7 Å². The molecule has 0 aliphatic heterocycles. The first-order valence-corrected chi connectivity index (χ1v) is 6.52. The van der Waals surface area contributed by atoms with Crippen molar-refractivity contribution in [3.05, 3.63) is 38.9 Å². The summed E-state index contributed by atoms with van der Waals surface area (Å²) in [7, 11) is 1.74. The van der Waals surface area contributed by atoms with Crippen molar-refractivity contribution in [2.75, 3.05) is 0 Å². The van der Waals surface area contributed by atoms with Gasteiger partial charge in [-0.2, -0.15) is 0 Å². The van der Waals surface area contributed by atoms with Crippen LogP contribution in [0, 0.1) is 0 Å². The van der Waals surface area contributed by atoms with Gasteiger partial charge in [0.2, 0.25) is 0 Å². The van der Waals surface area contributed by atoms with Crippen molar-refractivity contribution in [1.82, 2.24) is 9.55 Å². The Morgan fingerprint density at radius 3 is 2.75 bits per heavy atom. The lowest BCUT2D eigenvalue weighted by molar-refractivity contribution is 0.749. The van der Waals surface area contributed by atoms with Crippen LogP contribution in [0.15, 0.2) is 27.5 Å². The van der Waals surface area contributed by atoms with Crippen LogP contribution in [0.3, 0.4) is 0 Å². The predicted octanol–water partition coefficient (Wildman–Crippen LogP) is 3.15. The summed E-state index contributed by atoms with van der Waals surface area (Å²) in [6, 6.07) is 5.53. The topological polar surface area (TPSA) is 34.9 Å². The minimum Gasteiger partial charge on any atom is -0.298 e. The van der Waals surface area contributed by atoms with Gasteiger partial charge in [0, 0.05) is 11.5 Å². The van der Waals surface area contributed by atoms with Gasteiger partial charge in [0.15, 0.2) is 0 Å². The normalized spacial score (nSPS) is 13.0. The average Bonchev–Trinajstić information content (AvgIpc) is 2.23. The van der Waals surface area contributed by atoms with E-state index in [-0.39, 0.29) is 10.4 Å². The second-order valence-electron chi connectivity index (χ2n) is 3.61. The molecular formula is C11H10Br2N2O. The molecule has 0 amide bonds. The van der Waals surface area contributed by atoms with E-state index in [2.05, 4.69) is 36.8 Å². The number of alkyl halides is 1. The lowest BCUT2D eigenvalue weighted by atomic mass is 10.2. The van der Waals surface area contributed by atoms with E-state index in [4.69, 9.17) is 0 Å². The van der Waals surface area contributed by atoms with E-state index in [1.165, 1.54) is 0 Å². The van der Waals surface area contributed by atoms with Crippen molar-refractivity contribution in [3.8, 4) is 0 Å². The summed E-state index contributed by atoms with van der Waals surface area (Å²) < 4.78 is 2.47. The van der Waals surface area contributed by atoms with Gasteiger partial charge in [0.05, 0.1) is 15.7 Å². The molecule has 5 heteroatoms. The Bertz CT molecular complexity index is 605. The zero-order valence-electron chi connectivity index (χ0n) is 8.87. The highest BCUT2D eigenvalue weighted by Crippen LogP contribution is 2.21. The van der Waals surface area contributed by atoms with E-state index < -0.39 is 0 Å². The highest BCUT2D eigenvalue weighted by Gasteiger charge is 2.11. The van der Waals surface area contributed by atoms with Crippen molar-refractivity contribution >= 4 is 42.8 Å².